The summed E-state index contributed by atoms with van der Waals surface area (Å²) in [7, 11) is 0. The molecule has 0 heterocycles. The van der Waals surface area contributed by atoms with E-state index in [1.165, 1.54) is 0 Å². The molecule has 20 heavy (non-hydrogen) atoms. The van der Waals surface area contributed by atoms with E-state index < -0.39 is 23.1 Å². The third-order valence-corrected chi connectivity index (χ3v) is 3.56. The fraction of sp³-hybridized carbons (Fsp3) is 0.857. The lowest BCUT2D eigenvalue weighted by molar-refractivity contribution is -0.211. The Bertz CT molecular complexity index is 318. The highest BCUT2D eigenvalue weighted by atomic mass is 16.5. The Hall–Kier alpha value is -1.14. The molecule has 0 aromatic carbocycles. The summed E-state index contributed by atoms with van der Waals surface area (Å²) in [4.78, 5) is 22.7. The van der Waals surface area contributed by atoms with Crippen LogP contribution in [0.25, 0.3) is 0 Å². The maximum atomic E-state index is 11.4. The van der Waals surface area contributed by atoms with Crippen molar-refractivity contribution < 1.29 is 30.0 Å². The van der Waals surface area contributed by atoms with Gasteiger partial charge < -0.3 is 20.4 Å². The van der Waals surface area contributed by atoms with E-state index in [0.29, 0.717) is 12.8 Å². The van der Waals surface area contributed by atoms with Gasteiger partial charge in [0.1, 0.15) is 0 Å². The van der Waals surface area contributed by atoms with E-state index in [1.54, 1.807) is 0 Å². The van der Waals surface area contributed by atoms with Crippen LogP contribution in [0, 0.1) is 11.8 Å². The van der Waals surface area contributed by atoms with Crippen molar-refractivity contribution in [2.24, 2.45) is 11.8 Å². The lowest BCUT2D eigenvalue weighted by atomic mass is 9.74. The Morgan fingerprint density at radius 1 is 0.800 bits per heavy atom. The molecule has 6 nitrogen and oxygen atoms in total. The van der Waals surface area contributed by atoms with E-state index in [-0.39, 0.29) is 24.7 Å². The van der Waals surface area contributed by atoms with Crippen molar-refractivity contribution in [2.75, 3.05) is 0 Å². The molecule has 2 atom stereocenters. The van der Waals surface area contributed by atoms with Crippen molar-refractivity contribution in [1.82, 2.24) is 0 Å². The van der Waals surface area contributed by atoms with Gasteiger partial charge in [0, 0.05) is 0 Å². The number of rotatable bonds is 9. The first-order valence-corrected chi connectivity index (χ1v) is 6.89. The van der Waals surface area contributed by atoms with E-state index in [4.69, 9.17) is 0 Å². The van der Waals surface area contributed by atoms with E-state index >= 15 is 0 Å². The summed E-state index contributed by atoms with van der Waals surface area (Å²) < 4.78 is 0. The molecule has 0 aromatic heterocycles. The van der Waals surface area contributed by atoms with Crippen LogP contribution in [-0.4, -0.2) is 43.6 Å². The average molecular weight is 290 g/mol. The summed E-state index contributed by atoms with van der Waals surface area (Å²) in [5.41, 5.74) is -5.37. The Balaban J connectivity index is 5.43. The number of hydrogen-bond acceptors (Lipinski definition) is 4. The van der Waals surface area contributed by atoms with Crippen LogP contribution in [0.15, 0.2) is 0 Å². The van der Waals surface area contributed by atoms with Crippen LogP contribution in [0.5, 0.6) is 0 Å². The Labute approximate surface area is 119 Å². The molecule has 0 rings (SSSR count). The van der Waals surface area contributed by atoms with Gasteiger partial charge in [0.05, 0.1) is 0 Å². The molecule has 118 valence electrons. The van der Waals surface area contributed by atoms with Crippen LogP contribution >= 0.6 is 0 Å². The van der Waals surface area contributed by atoms with Crippen LogP contribution in [0.3, 0.4) is 0 Å². The first-order chi connectivity index (χ1) is 8.97. The fourth-order valence-corrected chi connectivity index (χ4v) is 1.98. The molecular formula is C14H26O6. The van der Waals surface area contributed by atoms with Crippen molar-refractivity contribution in [3.05, 3.63) is 0 Å². The molecule has 0 aliphatic carbocycles. The first kappa shape index (κ1) is 18.9. The maximum Gasteiger partial charge on any atom is 0.339 e. The Morgan fingerprint density at radius 3 is 1.20 bits per heavy atom. The Kier molecular flexibility index (Phi) is 6.64. The second-order valence-corrected chi connectivity index (χ2v) is 6.20. The maximum absolute atomic E-state index is 11.4. The van der Waals surface area contributed by atoms with Gasteiger partial charge in [0.15, 0.2) is 0 Å². The smallest absolute Gasteiger partial charge is 0.339 e. The van der Waals surface area contributed by atoms with Gasteiger partial charge in [0.2, 0.25) is 11.2 Å². The van der Waals surface area contributed by atoms with Gasteiger partial charge in [-0.15, -0.1) is 0 Å². The minimum Gasteiger partial charge on any atom is -0.479 e. The van der Waals surface area contributed by atoms with E-state index in [1.807, 2.05) is 27.7 Å². The van der Waals surface area contributed by atoms with Crippen LogP contribution in [0.2, 0.25) is 0 Å². The number of hydrogen-bond donors (Lipinski definition) is 4. The van der Waals surface area contributed by atoms with Crippen LogP contribution in [0.4, 0.5) is 0 Å². The monoisotopic (exact) mass is 290 g/mol. The van der Waals surface area contributed by atoms with Crippen molar-refractivity contribution in [1.29, 1.82) is 0 Å². The fourth-order valence-electron chi connectivity index (χ4n) is 1.98. The molecule has 0 spiro atoms. The van der Waals surface area contributed by atoms with Crippen LogP contribution in [0.1, 0.15) is 53.4 Å². The predicted molar refractivity (Wildman–Crippen MR) is 73.3 cm³/mol. The zero-order valence-electron chi connectivity index (χ0n) is 12.6. The largest absolute Gasteiger partial charge is 0.479 e. The molecule has 0 fully saturated rings. The summed E-state index contributed by atoms with van der Waals surface area (Å²) in [6.07, 6.45) is 0.00191. The lowest BCUT2D eigenvalue weighted by Gasteiger charge is -2.38. The number of carboxylic acids is 2. The summed E-state index contributed by atoms with van der Waals surface area (Å²) in [5, 5.41) is 39.1. The van der Waals surface area contributed by atoms with Crippen molar-refractivity contribution in [3.63, 3.8) is 0 Å². The molecule has 0 aliphatic heterocycles. The molecule has 0 saturated heterocycles. The second kappa shape index (κ2) is 7.04. The van der Waals surface area contributed by atoms with Gasteiger partial charge >= 0.3 is 11.9 Å². The van der Waals surface area contributed by atoms with Gasteiger partial charge in [-0.2, -0.15) is 0 Å². The number of carbonyl (C=O) groups is 2. The van der Waals surface area contributed by atoms with Gasteiger partial charge in [-0.05, 0) is 37.5 Å². The quantitative estimate of drug-likeness (QED) is 0.511. The molecule has 0 aliphatic rings. The van der Waals surface area contributed by atoms with Gasteiger partial charge in [-0.3, -0.25) is 0 Å². The molecule has 0 radical (unpaired) electrons. The molecular weight excluding hydrogens is 264 g/mol. The number of aliphatic carboxylic acids is 2. The average Bonchev–Trinajstić information content (AvgIpc) is 2.31. The molecule has 6 heteroatoms. The number of aliphatic hydroxyl groups is 2. The molecule has 0 saturated carbocycles. The van der Waals surface area contributed by atoms with Crippen LogP contribution in [-0.2, 0) is 9.59 Å². The summed E-state index contributed by atoms with van der Waals surface area (Å²) in [6, 6.07) is 0. The molecule has 0 bridgehead atoms. The third kappa shape index (κ3) is 4.18. The minimum atomic E-state index is -2.68. The highest BCUT2D eigenvalue weighted by Crippen LogP contribution is 2.34. The van der Waals surface area contributed by atoms with Gasteiger partial charge in [0.25, 0.3) is 0 Å². The summed E-state index contributed by atoms with van der Waals surface area (Å²) in [5.74, 6) is -3.23. The molecule has 2 unspecified atom stereocenters. The highest BCUT2D eigenvalue weighted by molar-refractivity contribution is 5.90. The first-order valence-electron chi connectivity index (χ1n) is 6.89. The SMILES string of the molecule is CC(C)CCC(O)(C(=O)O)C(O)(CCC(C)C)C(=O)O. The second-order valence-electron chi connectivity index (χ2n) is 6.20. The third-order valence-electron chi connectivity index (χ3n) is 3.56. The molecule has 0 amide bonds. The van der Waals surface area contributed by atoms with E-state index in [2.05, 4.69) is 0 Å². The van der Waals surface area contributed by atoms with E-state index in [9.17, 15) is 30.0 Å². The zero-order valence-corrected chi connectivity index (χ0v) is 12.6. The van der Waals surface area contributed by atoms with Crippen LogP contribution < -0.4 is 0 Å². The Morgan fingerprint density at radius 2 is 1.05 bits per heavy atom. The van der Waals surface area contributed by atoms with Crippen molar-refractivity contribution >= 4 is 11.9 Å². The molecule has 4 N–H and O–H groups in total. The van der Waals surface area contributed by atoms with Gasteiger partial charge in [-0.25, -0.2) is 9.59 Å². The van der Waals surface area contributed by atoms with Crippen molar-refractivity contribution in [3.8, 4) is 0 Å². The predicted octanol–water partition coefficient (Wildman–Crippen LogP) is 1.49. The topological polar surface area (TPSA) is 115 Å². The summed E-state index contributed by atoms with van der Waals surface area (Å²) in [6.45, 7) is 7.32. The lowest BCUT2D eigenvalue weighted by Crippen LogP contribution is -2.64. The normalized spacial score (nSPS) is 17.8. The minimum absolute atomic E-state index is 0.0871. The summed E-state index contributed by atoms with van der Waals surface area (Å²) >= 11 is 0. The van der Waals surface area contributed by atoms with Crippen molar-refractivity contribution in [2.45, 2.75) is 64.6 Å². The molecule has 0 aromatic rings. The highest BCUT2D eigenvalue weighted by Gasteiger charge is 2.59. The van der Waals surface area contributed by atoms with E-state index in [0.717, 1.165) is 0 Å². The number of carboxylic acid groups (broad SMARTS) is 2. The zero-order chi connectivity index (χ0) is 16.1. The standard InChI is InChI=1S/C14H26O6/c1-9(2)5-7-13(19,11(15)16)14(20,12(17)18)8-6-10(3)4/h9-10,19-20H,5-8H2,1-4H3,(H,15,16)(H,17,18). The van der Waals surface area contributed by atoms with Gasteiger partial charge in [-0.1, -0.05) is 27.7 Å².